The van der Waals surface area contributed by atoms with Crippen LogP contribution in [-0.2, 0) is 6.42 Å². The van der Waals surface area contributed by atoms with Crippen molar-refractivity contribution in [3.63, 3.8) is 0 Å². The van der Waals surface area contributed by atoms with E-state index in [1.54, 1.807) is 4.68 Å². The summed E-state index contributed by atoms with van der Waals surface area (Å²) in [6.07, 6.45) is 6.75. The molecule has 142 valence electrons. The van der Waals surface area contributed by atoms with Crippen LogP contribution in [0.3, 0.4) is 0 Å². The number of rotatable bonds is 5. The quantitative estimate of drug-likeness (QED) is 0.622. The summed E-state index contributed by atoms with van der Waals surface area (Å²) in [6, 6.07) is 5.54. The maximum absolute atomic E-state index is 11.0. The third-order valence-corrected chi connectivity index (χ3v) is 6.08. The van der Waals surface area contributed by atoms with Crippen molar-refractivity contribution in [3.8, 4) is 11.8 Å². The summed E-state index contributed by atoms with van der Waals surface area (Å²) in [6.45, 7) is 2.21. The summed E-state index contributed by atoms with van der Waals surface area (Å²) in [5.74, 6) is 1.99. The first kappa shape index (κ1) is 17.1. The maximum atomic E-state index is 11.0. The summed E-state index contributed by atoms with van der Waals surface area (Å²) in [5.41, 5.74) is 3.72. The standard InChI is InChI=1S/C20H24ClN5O/c21-14-4-6-16-17(11-14)24-20(23-16)26-19(27)15(18(25-26)13-2-3-13)5-1-12-7-9-22-10-8-12/h4,6,11-13,22,27H,1-3,5,7-10H2,(H,23,24). The fourth-order valence-corrected chi connectivity index (χ4v) is 4.28. The van der Waals surface area contributed by atoms with Gasteiger partial charge in [0, 0.05) is 16.5 Å². The van der Waals surface area contributed by atoms with E-state index in [1.807, 2.05) is 18.2 Å². The largest absolute Gasteiger partial charge is 0.493 e. The number of imidazole rings is 1. The lowest BCUT2D eigenvalue weighted by Crippen LogP contribution is -2.27. The number of piperidine rings is 1. The number of aromatic nitrogens is 4. The first-order valence-electron chi connectivity index (χ1n) is 9.86. The highest BCUT2D eigenvalue weighted by Crippen LogP contribution is 2.44. The molecule has 2 aliphatic rings. The molecular weight excluding hydrogens is 362 g/mol. The molecule has 0 amide bonds. The Bertz CT molecular complexity index is 968. The van der Waals surface area contributed by atoms with Gasteiger partial charge in [-0.25, -0.2) is 4.98 Å². The number of aromatic hydroxyl groups is 1. The van der Waals surface area contributed by atoms with E-state index in [2.05, 4.69) is 15.3 Å². The molecule has 3 heterocycles. The van der Waals surface area contributed by atoms with Crippen molar-refractivity contribution in [2.24, 2.45) is 5.92 Å². The van der Waals surface area contributed by atoms with E-state index in [0.717, 1.165) is 67.0 Å². The minimum atomic E-state index is 0.232. The van der Waals surface area contributed by atoms with E-state index in [9.17, 15) is 5.11 Å². The van der Waals surface area contributed by atoms with Gasteiger partial charge >= 0.3 is 0 Å². The van der Waals surface area contributed by atoms with Crippen molar-refractivity contribution >= 4 is 22.6 Å². The predicted octanol–water partition coefficient (Wildman–Crippen LogP) is 3.92. The van der Waals surface area contributed by atoms with Crippen molar-refractivity contribution in [1.29, 1.82) is 0 Å². The Kier molecular flexibility index (Phi) is 4.32. The second kappa shape index (κ2) is 6.84. The van der Waals surface area contributed by atoms with Gasteiger partial charge in [0.2, 0.25) is 11.8 Å². The minimum Gasteiger partial charge on any atom is -0.493 e. The average Bonchev–Trinajstić information content (AvgIpc) is 3.35. The number of hydrogen-bond donors (Lipinski definition) is 3. The van der Waals surface area contributed by atoms with Gasteiger partial charge in [-0.3, -0.25) is 0 Å². The molecule has 1 aromatic carbocycles. The fraction of sp³-hybridized carbons (Fsp3) is 0.500. The highest BCUT2D eigenvalue weighted by molar-refractivity contribution is 6.31. The molecule has 0 atom stereocenters. The van der Waals surface area contributed by atoms with Crippen LogP contribution in [-0.4, -0.2) is 37.9 Å². The molecular formula is C20H24ClN5O. The van der Waals surface area contributed by atoms with Crippen LogP contribution in [0.25, 0.3) is 17.0 Å². The molecule has 5 rings (SSSR count). The number of benzene rings is 1. The Morgan fingerprint density at radius 2 is 2.00 bits per heavy atom. The molecule has 1 saturated heterocycles. The molecule has 0 unspecified atom stereocenters. The lowest BCUT2D eigenvalue weighted by Gasteiger charge is -2.22. The molecule has 3 N–H and O–H groups in total. The molecule has 3 aromatic rings. The smallest absolute Gasteiger partial charge is 0.232 e. The third-order valence-electron chi connectivity index (χ3n) is 5.85. The molecule has 6 nitrogen and oxygen atoms in total. The van der Waals surface area contributed by atoms with Gasteiger partial charge in [-0.1, -0.05) is 11.6 Å². The summed E-state index contributed by atoms with van der Waals surface area (Å²) >= 11 is 6.07. The van der Waals surface area contributed by atoms with Crippen LogP contribution < -0.4 is 5.32 Å². The SMILES string of the molecule is Oc1c(CCC2CCNCC2)c(C2CC2)nn1-c1nc2cc(Cl)ccc2[nH]1. The topological polar surface area (TPSA) is 78.8 Å². The summed E-state index contributed by atoms with van der Waals surface area (Å²) < 4.78 is 1.57. The van der Waals surface area contributed by atoms with E-state index in [0.29, 0.717) is 16.9 Å². The van der Waals surface area contributed by atoms with E-state index < -0.39 is 0 Å². The zero-order chi connectivity index (χ0) is 18.4. The molecule has 7 heteroatoms. The molecule has 2 aromatic heterocycles. The van der Waals surface area contributed by atoms with Crippen LogP contribution >= 0.6 is 11.6 Å². The Labute approximate surface area is 162 Å². The van der Waals surface area contributed by atoms with Crippen molar-refractivity contribution in [2.75, 3.05) is 13.1 Å². The Morgan fingerprint density at radius 1 is 1.19 bits per heavy atom. The number of fused-ring (bicyclic) bond motifs is 1. The highest BCUT2D eigenvalue weighted by Gasteiger charge is 2.32. The monoisotopic (exact) mass is 385 g/mol. The van der Waals surface area contributed by atoms with Crippen molar-refractivity contribution in [1.82, 2.24) is 25.1 Å². The van der Waals surface area contributed by atoms with Crippen LogP contribution in [0, 0.1) is 5.92 Å². The number of hydrogen-bond acceptors (Lipinski definition) is 4. The van der Waals surface area contributed by atoms with E-state index in [4.69, 9.17) is 16.7 Å². The highest BCUT2D eigenvalue weighted by atomic mass is 35.5. The summed E-state index contributed by atoms with van der Waals surface area (Å²) in [7, 11) is 0. The first-order chi connectivity index (χ1) is 13.2. The molecule has 0 spiro atoms. The van der Waals surface area contributed by atoms with Crippen molar-refractivity contribution in [3.05, 3.63) is 34.5 Å². The number of nitrogens with zero attached hydrogens (tertiary/aromatic N) is 3. The van der Waals surface area contributed by atoms with E-state index >= 15 is 0 Å². The zero-order valence-electron chi connectivity index (χ0n) is 15.2. The minimum absolute atomic E-state index is 0.232. The van der Waals surface area contributed by atoms with Gasteiger partial charge in [0.1, 0.15) is 0 Å². The van der Waals surface area contributed by atoms with Gasteiger partial charge in [-0.2, -0.15) is 9.78 Å². The molecule has 2 fully saturated rings. The lowest BCUT2D eigenvalue weighted by atomic mass is 9.91. The summed E-state index contributed by atoms with van der Waals surface area (Å²) in [4.78, 5) is 7.83. The normalized spacial score (nSPS) is 18.4. The maximum Gasteiger partial charge on any atom is 0.232 e. The second-order valence-corrected chi connectivity index (χ2v) is 8.26. The number of H-pyrrole nitrogens is 1. The van der Waals surface area contributed by atoms with Gasteiger partial charge in [0.25, 0.3) is 0 Å². The third kappa shape index (κ3) is 3.32. The first-order valence-corrected chi connectivity index (χ1v) is 10.2. The van der Waals surface area contributed by atoms with Crippen LogP contribution in [0.2, 0.25) is 5.02 Å². The molecule has 1 saturated carbocycles. The lowest BCUT2D eigenvalue weighted by molar-refractivity contribution is 0.351. The van der Waals surface area contributed by atoms with Crippen LogP contribution in [0.4, 0.5) is 0 Å². The van der Waals surface area contributed by atoms with Crippen LogP contribution in [0.5, 0.6) is 5.88 Å². The van der Waals surface area contributed by atoms with E-state index in [-0.39, 0.29) is 5.88 Å². The van der Waals surface area contributed by atoms with Gasteiger partial charge in [0.15, 0.2) is 0 Å². The molecule has 27 heavy (non-hydrogen) atoms. The van der Waals surface area contributed by atoms with Crippen LogP contribution in [0.1, 0.15) is 49.3 Å². The molecule has 1 aliphatic heterocycles. The zero-order valence-corrected chi connectivity index (χ0v) is 16.0. The Balaban J connectivity index is 1.47. The van der Waals surface area contributed by atoms with Gasteiger partial charge < -0.3 is 15.4 Å². The number of aromatic amines is 1. The molecule has 0 radical (unpaired) electrons. The number of halogens is 1. The van der Waals surface area contributed by atoms with Crippen LogP contribution in [0.15, 0.2) is 18.2 Å². The Morgan fingerprint density at radius 3 is 2.78 bits per heavy atom. The van der Waals surface area contributed by atoms with Gasteiger partial charge in [-0.05, 0) is 75.7 Å². The molecule has 1 aliphatic carbocycles. The average molecular weight is 386 g/mol. The fourth-order valence-electron chi connectivity index (χ4n) is 4.11. The Hall–Kier alpha value is -2.05. The second-order valence-electron chi connectivity index (χ2n) is 7.83. The van der Waals surface area contributed by atoms with Gasteiger partial charge in [0.05, 0.1) is 16.7 Å². The predicted molar refractivity (Wildman–Crippen MR) is 106 cm³/mol. The number of nitrogens with one attached hydrogen (secondary N) is 2. The van der Waals surface area contributed by atoms with Gasteiger partial charge in [-0.15, -0.1) is 0 Å². The molecule has 0 bridgehead atoms. The summed E-state index contributed by atoms with van der Waals surface area (Å²) in [5, 5.41) is 19.8. The van der Waals surface area contributed by atoms with Crippen molar-refractivity contribution in [2.45, 2.75) is 44.4 Å². The van der Waals surface area contributed by atoms with E-state index in [1.165, 1.54) is 12.8 Å². The van der Waals surface area contributed by atoms with Crippen molar-refractivity contribution < 1.29 is 5.11 Å².